The molecule has 0 atom stereocenters. The number of para-hydroxylation sites is 1. The van der Waals surface area contributed by atoms with Crippen LogP contribution in [0.4, 0.5) is 5.95 Å². The van der Waals surface area contributed by atoms with E-state index >= 15 is 0 Å². The molecule has 104 valence electrons. The van der Waals surface area contributed by atoms with Crippen molar-refractivity contribution in [2.75, 3.05) is 12.3 Å². The minimum absolute atomic E-state index is 0.0432. The molecule has 4 nitrogen and oxygen atoms in total. The number of nitrogen functional groups attached to an aromatic ring is 1. The summed E-state index contributed by atoms with van der Waals surface area (Å²) in [6, 6.07) is 5.99. The molecule has 0 aliphatic rings. The van der Waals surface area contributed by atoms with Gasteiger partial charge in [-0.2, -0.15) is 0 Å². The lowest BCUT2D eigenvalue weighted by Gasteiger charge is -2.28. The van der Waals surface area contributed by atoms with E-state index in [4.69, 9.17) is 10.5 Å². The number of nitrogens with two attached hydrogens (primary N) is 1. The van der Waals surface area contributed by atoms with Gasteiger partial charge in [-0.1, -0.05) is 19.4 Å². The molecule has 0 aliphatic heterocycles. The third-order valence-corrected chi connectivity index (χ3v) is 3.44. The number of anilines is 1. The summed E-state index contributed by atoms with van der Waals surface area (Å²) in [5.41, 5.74) is 7.98. The van der Waals surface area contributed by atoms with Crippen LogP contribution in [-0.2, 0) is 5.54 Å². The molecule has 1 aromatic heterocycles. The summed E-state index contributed by atoms with van der Waals surface area (Å²) in [4.78, 5) is 4.50. The first-order valence-electron chi connectivity index (χ1n) is 6.91. The Kier molecular flexibility index (Phi) is 3.69. The van der Waals surface area contributed by atoms with Gasteiger partial charge >= 0.3 is 0 Å². The van der Waals surface area contributed by atoms with E-state index in [1.54, 1.807) is 0 Å². The second kappa shape index (κ2) is 5.11. The maximum absolute atomic E-state index is 6.13. The Morgan fingerprint density at radius 2 is 2.05 bits per heavy atom. The Bertz CT molecular complexity index is 572. The minimum atomic E-state index is -0.0432. The van der Waals surface area contributed by atoms with Gasteiger partial charge in [0.15, 0.2) is 0 Å². The van der Waals surface area contributed by atoms with E-state index in [9.17, 15) is 0 Å². The van der Waals surface area contributed by atoms with E-state index < -0.39 is 0 Å². The number of aromatic nitrogens is 2. The molecule has 0 radical (unpaired) electrons. The van der Waals surface area contributed by atoms with Crippen LogP contribution in [0.25, 0.3) is 11.0 Å². The van der Waals surface area contributed by atoms with Crippen LogP contribution in [0.1, 0.15) is 40.5 Å². The number of nitrogens with zero attached hydrogens (tertiary/aromatic N) is 2. The highest BCUT2D eigenvalue weighted by molar-refractivity contribution is 5.84. The van der Waals surface area contributed by atoms with Crippen molar-refractivity contribution in [3.63, 3.8) is 0 Å². The largest absolute Gasteiger partial charge is 0.492 e. The molecule has 2 rings (SSSR count). The number of fused-ring (bicyclic) bond motifs is 1. The van der Waals surface area contributed by atoms with E-state index in [1.165, 1.54) is 0 Å². The lowest BCUT2D eigenvalue weighted by molar-refractivity contribution is 0.337. The lowest BCUT2D eigenvalue weighted by atomic mass is 9.98. The first kappa shape index (κ1) is 13.7. The van der Waals surface area contributed by atoms with Crippen LogP contribution in [-0.4, -0.2) is 16.2 Å². The SMILES string of the molecule is CCCC(C)(C)n1c(N)nc2c(OCC)cccc21. The predicted molar refractivity (Wildman–Crippen MR) is 79.5 cm³/mol. The van der Waals surface area contributed by atoms with Crippen LogP contribution in [0.15, 0.2) is 18.2 Å². The molecule has 0 fully saturated rings. The van der Waals surface area contributed by atoms with Crippen molar-refractivity contribution in [3.05, 3.63) is 18.2 Å². The molecular weight excluding hydrogens is 238 g/mol. The van der Waals surface area contributed by atoms with E-state index in [2.05, 4.69) is 36.4 Å². The highest BCUT2D eigenvalue weighted by atomic mass is 16.5. The summed E-state index contributed by atoms with van der Waals surface area (Å²) in [5.74, 6) is 1.36. The first-order chi connectivity index (χ1) is 9.01. The summed E-state index contributed by atoms with van der Waals surface area (Å²) in [6.45, 7) is 9.18. The lowest BCUT2D eigenvalue weighted by Crippen LogP contribution is -2.27. The summed E-state index contributed by atoms with van der Waals surface area (Å²) in [6.07, 6.45) is 2.17. The molecule has 1 heterocycles. The maximum atomic E-state index is 6.13. The van der Waals surface area contributed by atoms with Gasteiger partial charge in [0, 0.05) is 5.54 Å². The van der Waals surface area contributed by atoms with Crippen molar-refractivity contribution >= 4 is 17.0 Å². The second-order valence-corrected chi connectivity index (χ2v) is 5.42. The van der Waals surface area contributed by atoms with Crippen molar-refractivity contribution in [2.24, 2.45) is 0 Å². The van der Waals surface area contributed by atoms with Crippen molar-refractivity contribution in [3.8, 4) is 5.75 Å². The molecule has 0 bridgehead atoms. The van der Waals surface area contributed by atoms with Crippen LogP contribution in [0.3, 0.4) is 0 Å². The number of ether oxygens (including phenoxy) is 1. The maximum Gasteiger partial charge on any atom is 0.201 e. The van der Waals surface area contributed by atoms with E-state index in [0.717, 1.165) is 29.6 Å². The number of hydrogen-bond acceptors (Lipinski definition) is 3. The zero-order valence-corrected chi connectivity index (χ0v) is 12.2. The average molecular weight is 261 g/mol. The van der Waals surface area contributed by atoms with Gasteiger partial charge in [0.25, 0.3) is 0 Å². The summed E-state index contributed by atoms with van der Waals surface area (Å²) in [5, 5.41) is 0. The third-order valence-electron chi connectivity index (χ3n) is 3.44. The van der Waals surface area contributed by atoms with Crippen LogP contribution in [0.2, 0.25) is 0 Å². The van der Waals surface area contributed by atoms with Gasteiger partial charge in [0.2, 0.25) is 5.95 Å². The van der Waals surface area contributed by atoms with Crippen molar-refractivity contribution in [1.82, 2.24) is 9.55 Å². The van der Waals surface area contributed by atoms with Crippen LogP contribution >= 0.6 is 0 Å². The van der Waals surface area contributed by atoms with Gasteiger partial charge in [-0.15, -0.1) is 0 Å². The van der Waals surface area contributed by atoms with Gasteiger partial charge in [-0.25, -0.2) is 4.98 Å². The minimum Gasteiger partial charge on any atom is -0.492 e. The Morgan fingerprint density at radius 1 is 1.32 bits per heavy atom. The molecule has 0 amide bonds. The van der Waals surface area contributed by atoms with Gasteiger partial charge < -0.3 is 15.0 Å². The highest BCUT2D eigenvalue weighted by Crippen LogP contribution is 2.33. The van der Waals surface area contributed by atoms with Crippen molar-refractivity contribution in [2.45, 2.75) is 46.1 Å². The predicted octanol–water partition coefficient (Wildman–Crippen LogP) is 3.55. The molecule has 0 aliphatic carbocycles. The van der Waals surface area contributed by atoms with Gasteiger partial charge in [0.05, 0.1) is 12.1 Å². The summed E-state index contributed by atoms with van der Waals surface area (Å²) < 4.78 is 7.75. The molecule has 0 spiro atoms. The molecule has 1 aromatic carbocycles. The summed E-state index contributed by atoms with van der Waals surface area (Å²) in [7, 11) is 0. The molecular formula is C15H23N3O. The smallest absolute Gasteiger partial charge is 0.201 e. The fourth-order valence-electron chi connectivity index (χ4n) is 2.72. The fourth-order valence-corrected chi connectivity index (χ4v) is 2.72. The van der Waals surface area contributed by atoms with Crippen LogP contribution in [0, 0.1) is 0 Å². The van der Waals surface area contributed by atoms with Gasteiger partial charge in [-0.05, 0) is 39.3 Å². The molecule has 2 aromatic rings. The Balaban J connectivity index is 2.63. The highest BCUT2D eigenvalue weighted by Gasteiger charge is 2.25. The molecule has 0 unspecified atom stereocenters. The normalized spacial score (nSPS) is 12.0. The van der Waals surface area contributed by atoms with E-state index in [-0.39, 0.29) is 5.54 Å². The Labute approximate surface area is 114 Å². The number of imidazole rings is 1. The average Bonchev–Trinajstić information content (AvgIpc) is 2.67. The molecule has 0 saturated heterocycles. The summed E-state index contributed by atoms with van der Waals surface area (Å²) >= 11 is 0. The Hall–Kier alpha value is -1.71. The number of hydrogen-bond donors (Lipinski definition) is 1. The van der Waals surface area contributed by atoms with Crippen molar-refractivity contribution < 1.29 is 4.74 Å². The zero-order chi connectivity index (χ0) is 14.0. The quantitative estimate of drug-likeness (QED) is 0.895. The fraction of sp³-hybridized carbons (Fsp3) is 0.533. The molecule has 0 saturated carbocycles. The number of benzene rings is 1. The van der Waals surface area contributed by atoms with Crippen LogP contribution in [0.5, 0.6) is 5.75 Å². The van der Waals surface area contributed by atoms with E-state index in [0.29, 0.717) is 12.6 Å². The Morgan fingerprint density at radius 3 is 2.68 bits per heavy atom. The molecule has 2 N–H and O–H groups in total. The van der Waals surface area contributed by atoms with Crippen LogP contribution < -0.4 is 10.5 Å². The van der Waals surface area contributed by atoms with Crippen molar-refractivity contribution in [1.29, 1.82) is 0 Å². The van der Waals surface area contributed by atoms with Gasteiger partial charge in [0.1, 0.15) is 11.3 Å². The molecule has 4 heteroatoms. The topological polar surface area (TPSA) is 53.1 Å². The first-order valence-corrected chi connectivity index (χ1v) is 6.91. The van der Waals surface area contributed by atoms with E-state index in [1.807, 2.05) is 19.1 Å². The standard InChI is InChI=1S/C15H23N3O/c1-5-10-15(3,4)18-11-8-7-9-12(19-6-2)13(11)17-14(18)16/h7-9H,5-6,10H2,1-4H3,(H2,16,17). The second-order valence-electron chi connectivity index (χ2n) is 5.42. The van der Waals surface area contributed by atoms with Gasteiger partial charge in [-0.3, -0.25) is 0 Å². The molecule has 19 heavy (non-hydrogen) atoms. The monoisotopic (exact) mass is 261 g/mol. The third kappa shape index (κ3) is 2.39. The zero-order valence-electron chi connectivity index (χ0n) is 12.2. The number of rotatable bonds is 5.